The van der Waals surface area contributed by atoms with Gasteiger partial charge in [0, 0.05) is 26.7 Å². The number of esters is 4. The summed E-state index contributed by atoms with van der Waals surface area (Å²) in [6.07, 6.45) is -0.538. The summed E-state index contributed by atoms with van der Waals surface area (Å²) in [5.41, 5.74) is 0. The van der Waals surface area contributed by atoms with Crippen molar-refractivity contribution < 1.29 is 38.1 Å². The monoisotopic (exact) mass is 578 g/mol. The highest BCUT2D eigenvalue weighted by Crippen LogP contribution is 2.30. The van der Waals surface area contributed by atoms with Crippen LogP contribution in [0.25, 0.3) is 0 Å². The topological polar surface area (TPSA) is 105 Å². The molecule has 0 bridgehead atoms. The molecule has 0 saturated heterocycles. The molecule has 0 aromatic heterocycles. The van der Waals surface area contributed by atoms with E-state index in [-0.39, 0.29) is 52.1 Å². The van der Waals surface area contributed by atoms with Gasteiger partial charge in [-0.15, -0.1) is 23.2 Å². The lowest BCUT2D eigenvalue weighted by Crippen LogP contribution is -2.29. The van der Waals surface area contributed by atoms with Crippen molar-refractivity contribution in [2.24, 2.45) is 0 Å². The SMILES string of the molecule is CC(=O)OCC(Cl)(Cl)CC(Cl)COC(=O)CCC(=O)OCC(Cl)CC(Cl)(Cl)COC(C)=O. The zero-order valence-electron chi connectivity index (χ0n) is 17.3. The van der Waals surface area contributed by atoms with E-state index in [1.165, 1.54) is 13.8 Å². The van der Waals surface area contributed by atoms with Gasteiger partial charge in [0.2, 0.25) is 0 Å². The van der Waals surface area contributed by atoms with Gasteiger partial charge in [0.05, 0.1) is 23.6 Å². The molecule has 8 nitrogen and oxygen atoms in total. The van der Waals surface area contributed by atoms with Crippen molar-refractivity contribution in [3.8, 4) is 0 Å². The Hall–Kier alpha value is -0.380. The van der Waals surface area contributed by atoms with Crippen molar-refractivity contribution in [2.75, 3.05) is 26.4 Å². The van der Waals surface area contributed by atoms with Crippen LogP contribution >= 0.6 is 69.6 Å². The molecule has 0 aliphatic heterocycles. The minimum atomic E-state index is -1.44. The first-order chi connectivity index (χ1) is 14.6. The van der Waals surface area contributed by atoms with Gasteiger partial charge in [-0.2, -0.15) is 0 Å². The maximum Gasteiger partial charge on any atom is 0.306 e. The van der Waals surface area contributed by atoms with Crippen LogP contribution in [0.5, 0.6) is 0 Å². The van der Waals surface area contributed by atoms with Gasteiger partial charge in [0.15, 0.2) is 8.67 Å². The van der Waals surface area contributed by atoms with Crippen molar-refractivity contribution >= 4 is 93.5 Å². The van der Waals surface area contributed by atoms with Crippen LogP contribution in [0.15, 0.2) is 0 Å². The molecule has 0 N–H and O–H groups in total. The summed E-state index contributed by atoms with van der Waals surface area (Å²) in [5, 5.41) is -1.49. The lowest BCUT2D eigenvalue weighted by molar-refractivity contribution is -0.150. The van der Waals surface area contributed by atoms with Crippen molar-refractivity contribution in [3.63, 3.8) is 0 Å². The quantitative estimate of drug-likeness (QED) is 0.160. The molecule has 0 aliphatic rings. The highest BCUT2D eigenvalue weighted by molar-refractivity contribution is 6.49. The van der Waals surface area contributed by atoms with Gasteiger partial charge in [-0.05, 0) is 0 Å². The fraction of sp³-hybridized carbons (Fsp3) is 0.778. The van der Waals surface area contributed by atoms with Crippen LogP contribution in [0.2, 0.25) is 0 Å². The Kier molecular flexibility index (Phi) is 15.3. The van der Waals surface area contributed by atoms with E-state index in [1.807, 2.05) is 0 Å². The Morgan fingerprint density at radius 2 is 0.969 bits per heavy atom. The number of ether oxygens (including phenoxy) is 4. The molecule has 0 rings (SSSR count). The molecule has 14 heteroatoms. The molecule has 186 valence electrons. The number of hydrogen-bond acceptors (Lipinski definition) is 8. The summed E-state index contributed by atoms with van der Waals surface area (Å²) < 4.78 is 16.5. The molecule has 0 saturated carbocycles. The number of halogens is 6. The van der Waals surface area contributed by atoms with Crippen molar-refractivity contribution in [3.05, 3.63) is 0 Å². The van der Waals surface area contributed by atoms with Crippen LogP contribution in [0, 0.1) is 0 Å². The standard InChI is InChI=1S/C18H24Cl6O8/c1-11(25)31-9-17(21,22)5-13(19)7-29-15(27)3-4-16(28)30-8-14(20)6-18(23,24)10-32-12(2)26/h13-14H,3-10H2,1-2H3. The summed E-state index contributed by atoms with van der Waals surface area (Å²) in [5.74, 6) is -2.47. The second kappa shape index (κ2) is 15.5. The Balaban J connectivity index is 4.12. The predicted molar refractivity (Wildman–Crippen MR) is 122 cm³/mol. The van der Waals surface area contributed by atoms with Crippen LogP contribution in [0.3, 0.4) is 0 Å². The van der Waals surface area contributed by atoms with Gasteiger partial charge >= 0.3 is 23.9 Å². The third-order valence-corrected chi connectivity index (χ3v) is 5.01. The largest absolute Gasteiger partial charge is 0.464 e. The Bertz CT molecular complexity index is 589. The molecule has 0 fully saturated rings. The van der Waals surface area contributed by atoms with E-state index in [9.17, 15) is 19.2 Å². The van der Waals surface area contributed by atoms with Crippen molar-refractivity contribution in [2.45, 2.75) is 59.0 Å². The van der Waals surface area contributed by atoms with Crippen LogP contribution in [0.1, 0.15) is 39.5 Å². The Morgan fingerprint density at radius 3 is 1.25 bits per heavy atom. The van der Waals surface area contributed by atoms with Gasteiger partial charge in [0.1, 0.15) is 26.4 Å². The summed E-state index contributed by atoms with van der Waals surface area (Å²) in [7, 11) is 0. The van der Waals surface area contributed by atoms with Gasteiger partial charge in [-0.25, -0.2) is 0 Å². The molecule has 2 atom stereocenters. The van der Waals surface area contributed by atoms with E-state index in [4.69, 9.17) is 88.6 Å². The minimum Gasteiger partial charge on any atom is -0.464 e. The third kappa shape index (κ3) is 18.1. The molecular weight excluding hydrogens is 557 g/mol. The molecule has 0 heterocycles. The second-order valence-corrected chi connectivity index (χ2v) is 11.3. The molecule has 0 amide bonds. The molecule has 0 radical (unpaired) electrons. The first kappa shape index (κ1) is 31.6. The molecular formula is C18H24Cl6O8. The first-order valence-corrected chi connectivity index (χ1v) is 11.6. The van der Waals surface area contributed by atoms with Gasteiger partial charge < -0.3 is 18.9 Å². The van der Waals surface area contributed by atoms with Gasteiger partial charge in [-0.1, -0.05) is 46.4 Å². The molecule has 0 spiro atoms. The second-order valence-electron chi connectivity index (χ2n) is 6.74. The van der Waals surface area contributed by atoms with Gasteiger partial charge in [-0.3, -0.25) is 19.2 Å². The summed E-state index contributed by atoms with van der Waals surface area (Å²) in [4.78, 5) is 45.1. The number of carbonyl (C=O) groups is 4. The highest BCUT2D eigenvalue weighted by atomic mass is 35.5. The molecule has 2 unspecified atom stereocenters. The number of alkyl halides is 6. The lowest BCUT2D eigenvalue weighted by atomic mass is 10.2. The normalized spacial score (nSPS) is 13.6. The molecule has 0 aromatic rings. The van der Waals surface area contributed by atoms with E-state index in [0.29, 0.717) is 0 Å². The predicted octanol–water partition coefficient (Wildman–Crippen LogP) is 4.32. The van der Waals surface area contributed by atoms with Crippen molar-refractivity contribution in [1.29, 1.82) is 0 Å². The van der Waals surface area contributed by atoms with E-state index < -0.39 is 43.3 Å². The Morgan fingerprint density at radius 1 is 0.656 bits per heavy atom. The minimum absolute atomic E-state index is 0.0164. The summed E-state index contributed by atoms with van der Waals surface area (Å²) >= 11 is 36.0. The molecule has 0 aromatic carbocycles. The van der Waals surface area contributed by atoms with Crippen LogP contribution in [-0.2, 0) is 38.1 Å². The smallest absolute Gasteiger partial charge is 0.306 e. The average Bonchev–Trinajstić information content (AvgIpc) is 2.65. The third-order valence-electron chi connectivity index (χ3n) is 3.40. The maximum absolute atomic E-state index is 11.8. The highest BCUT2D eigenvalue weighted by Gasteiger charge is 2.31. The summed E-state index contributed by atoms with van der Waals surface area (Å²) in [6.45, 7) is 1.45. The average molecular weight is 581 g/mol. The molecule has 0 aliphatic carbocycles. The van der Waals surface area contributed by atoms with Crippen molar-refractivity contribution in [1.82, 2.24) is 0 Å². The van der Waals surface area contributed by atoms with Crippen LogP contribution in [-0.4, -0.2) is 69.7 Å². The lowest BCUT2D eigenvalue weighted by Gasteiger charge is -2.22. The van der Waals surface area contributed by atoms with E-state index >= 15 is 0 Å². The number of hydrogen-bond donors (Lipinski definition) is 0. The van der Waals surface area contributed by atoms with E-state index in [1.54, 1.807) is 0 Å². The fourth-order valence-electron chi connectivity index (χ4n) is 2.01. The fourth-order valence-corrected chi connectivity index (χ4v) is 3.95. The number of carbonyl (C=O) groups excluding carboxylic acids is 4. The zero-order valence-corrected chi connectivity index (χ0v) is 21.9. The van der Waals surface area contributed by atoms with Crippen LogP contribution in [0.4, 0.5) is 0 Å². The first-order valence-electron chi connectivity index (χ1n) is 9.23. The summed E-state index contributed by atoms with van der Waals surface area (Å²) in [6, 6.07) is 0. The maximum atomic E-state index is 11.8. The van der Waals surface area contributed by atoms with Crippen LogP contribution < -0.4 is 0 Å². The Labute approximate surface area is 216 Å². The zero-order chi connectivity index (χ0) is 24.9. The molecule has 32 heavy (non-hydrogen) atoms. The number of rotatable bonds is 15. The van der Waals surface area contributed by atoms with E-state index in [2.05, 4.69) is 0 Å². The van der Waals surface area contributed by atoms with E-state index in [0.717, 1.165) is 0 Å². The van der Waals surface area contributed by atoms with Gasteiger partial charge in [0.25, 0.3) is 0 Å².